The molecular weight excluding hydrogens is 482 g/mol. The molecule has 0 bridgehead atoms. The molecule has 0 saturated carbocycles. The normalized spacial score (nSPS) is 11.9. The third-order valence-corrected chi connectivity index (χ3v) is 6.61. The van der Waals surface area contributed by atoms with Crippen molar-refractivity contribution in [3.05, 3.63) is 53.1 Å². The summed E-state index contributed by atoms with van der Waals surface area (Å²) in [6.07, 6.45) is 1.34. The van der Waals surface area contributed by atoms with E-state index in [1.165, 1.54) is 38.3 Å². The lowest BCUT2D eigenvalue weighted by Gasteiger charge is -2.32. The van der Waals surface area contributed by atoms with E-state index < -0.39 is 28.5 Å². The summed E-state index contributed by atoms with van der Waals surface area (Å²) in [6, 6.07) is 10.7. The molecule has 0 heterocycles. The largest absolute Gasteiger partial charge is 0.497 e. The fraction of sp³-hybridized carbons (Fsp3) is 0.391. The van der Waals surface area contributed by atoms with E-state index in [1.54, 1.807) is 37.3 Å². The van der Waals surface area contributed by atoms with E-state index in [2.05, 4.69) is 5.32 Å². The lowest BCUT2D eigenvalue weighted by atomic mass is 10.1. The summed E-state index contributed by atoms with van der Waals surface area (Å²) in [4.78, 5) is 27.5. The van der Waals surface area contributed by atoms with Crippen LogP contribution in [-0.2, 0) is 26.2 Å². The molecule has 0 fully saturated rings. The molecule has 9 nitrogen and oxygen atoms in total. The Labute approximate surface area is 205 Å². The lowest BCUT2D eigenvalue weighted by Crippen LogP contribution is -2.51. The van der Waals surface area contributed by atoms with Gasteiger partial charge in [0.15, 0.2) is 0 Å². The van der Waals surface area contributed by atoms with E-state index in [1.807, 2.05) is 0 Å². The fourth-order valence-corrected chi connectivity index (χ4v) is 4.44. The number of likely N-dealkylation sites (N-methyl/N-ethyl adjacent to an activating group) is 1. The van der Waals surface area contributed by atoms with Crippen LogP contribution in [0.3, 0.4) is 0 Å². The molecule has 0 saturated heterocycles. The van der Waals surface area contributed by atoms with Gasteiger partial charge in [-0.05, 0) is 36.2 Å². The zero-order valence-electron chi connectivity index (χ0n) is 19.9. The van der Waals surface area contributed by atoms with Gasteiger partial charge in [0.1, 0.15) is 24.1 Å². The van der Waals surface area contributed by atoms with Crippen LogP contribution < -0.4 is 19.1 Å². The van der Waals surface area contributed by atoms with Gasteiger partial charge in [-0.25, -0.2) is 8.42 Å². The van der Waals surface area contributed by atoms with Crippen molar-refractivity contribution in [2.45, 2.75) is 25.9 Å². The maximum atomic E-state index is 13.5. The number of benzene rings is 2. The minimum Gasteiger partial charge on any atom is -0.497 e. The van der Waals surface area contributed by atoms with E-state index in [-0.39, 0.29) is 23.9 Å². The first-order valence-electron chi connectivity index (χ1n) is 10.5. The molecule has 1 N–H and O–H groups in total. The average Bonchev–Trinajstić information content (AvgIpc) is 2.82. The summed E-state index contributed by atoms with van der Waals surface area (Å²) in [5.41, 5.74) is 0.923. The van der Waals surface area contributed by atoms with Crippen molar-refractivity contribution in [3.63, 3.8) is 0 Å². The third kappa shape index (κ3) is 6.77. The predicted molar refractivity (Wildman–Crippen MR) is 132 cm³/mol. The number of ether oxygens (including phenoxy) is 2. The number of halogens is 1. The smallest absolute Gasteiger partial charge is 0.244 e. The second kappa shape index (κ2) is 11.9. The molecule has 11 heteroatoms. The van der Waals surface area contributed by atoms with Gasteiger partial charge in [-0.15, -0.1) is 0 Å². The van der Waals surface area contributed by atoms with E-state index >= 15 is 0 Å². The second-order valence-electron chi connectivity index (χ2n) is 7.49. The maximum Gasteiger partial charge on any atom is 0.244 e. The summed E-state index contributed by atoms with van der Waals surface area (Å²) < 4.78 is 36.9. The summed E-state index contributed by atoms with van der Waals surface area (Å²) in [5, 5.41) is 3.11. The molecule has 0 unspecified atom stereocenters. The van der Waals surface area contributed by atoms with Gasteiger partial charge >= 0.3 is 0 Å². The number of carbonyl (C=O) groups is 2. The Balaban J connectivity index is 2.48. The van der Waals surface area contributed by atoms with Gasteiger partial charge < -0.3 is 19.7 Å². The van der Waals surface area contributed by atoms with Gasteiger partial charge in [0.05, 0.1) is 26.2 Å². The summed E-state index contributed by atoms with van der Waals surface area (Å²) >= 11 is 5.97. The fourth-order valence-electron chi connectivity index (χ4n) is 3.46. The standard InChI is InChI=1S/C23H30ClN3O6S/c1-6-19(23(29)25-2)26(14-16-7-9-17(24)10-8-16)22(28)15-27(34(5,30)31)20-12-11-18(32-3)13-21(20)33-4/h7-13,19H,6,14-15H2,1-5H3,(H,25,29)/t19-/m1/s1. The first kappa shape index (κ1) is 27.3. The first-order chi connectivity index (χ1) is 16.0. The van der Waals surface area contributed by atoms with Gasteiger partial charge in [0.25, 0.3) is 0 Å². The van der Waals surface area contributed by atoms with E-state index in [4.69, 9.17) is 21.1 Å². The number of anilines is 1. The van der Waals surface area contributed by atoms with Crippen molar-refractivity contribution in [2.24, 2.45) is 0 Å². The lowest BCUT2D eigenvalue weighted by molar-refractivity contribution is -0.140. The van der Waals surface area contributed by atoms with Crippen molar-refractivity contribution in [1.82, 2.24) is 10.2 Å². The third-order valence-electron chi connectivity index (χ3n) is 5.23. The number of nitrogens with zero attached hydrogens (tertiary/aromatic N) is 2. The highest BCUT2D eigenvalue weighted by atomic mass is 35.5. The van der Waals surface area contributed by atoms with Gasteiger partial charge in [-0.1, -0.05) is 30.7 Å². The Hall–Kier alpha value is -2.98. The van der Waals surface area contributed by atoms with E-state index in [9.17, 15) is 18.0 Å². The highest BCUT2D eigenvalue weighted by molar-refractivity contribution is 7.92. The van der Waals surface area contributed by atoms with Crippen LogP contribution in [0.4, 0.5) is 5.69 Å². The van der Waals surface area contributed by atoms with Crippen LogP contribution in [0.15, 0.2) is 42.5 Å². The monoisotopic (exact) mass is 511 g/mol. The van der Waals surface area contributed by atoms with Crippen molar-refractivity contribution >= 4 is 39.1 Å². The maximum absolute atomic E-state index is 13.5. The Bertz CT molecular complexity index is 1110. The number of carbonyl (C=O) groups excluding carboxylic acids is 2. The molecule has 0 aromatic heterocycles. The molecule has 0 spiro atoms. The Morgan fingerprint density at radius 2 is 1.74 bits per heavy atom. The van der Waals surface area contributed by atoms with Crippen LogP contribution in [0.25, 0.3) is 0 Å². The van der Waals surface area contributed by atoms with Crippen LogP contribution in [0.1, 0.15) is 18.9 Å². The molecule has 2 aromatic rings. The van der Waals surface area contributed by atoms with Crippen LogP contribution in [0.2, 0.25) is 5.02 Å². The zero-order valence-corrected chi connectivity index (χ0v) is 21.4. The molecule has 186 valence electrons. The first-order valence-corrected chi connectivity index (χ1v) is 12.7. The molecule has 1 atom stereocenters. The number of hydrogen-bond donors (Lipinski definition) is 1. The second-order valence-corrected chi connectivity index (χ2v) is 9.84. The minimum absolute atomic E-state index is 0.0965. The molecule has 0 radical (unpaired) electrons. The van der Waals surface area contributed by atoms with Gasteiger partial charge in [0.2, 0.25) is 21.8 Å². The highest BCUT2D eigenvalue weighted by Gasteiger charge is 2.32. The zero-order chi connectivity index (χ0) is 25.5. The highest BCUT2D eigenvalue weighted by Crippen LogP contribution is 2.33. The van der Waals surface area contributed by atoms with Crippen molar-refractivity contribution in [3.8, 4) is 11.5 Å². The predicted octanol–water partition coefficient (Wildman–Crippen LogP) is 2.68. The molecule has 0 aliphatic carbocycles. The number of sulfonamides is 1. The number of amides is 2. The molecule has 34 heavy (non-hydrogen) atoms. The van der Waals surface area contributed by atoms with E-state index in [0.717, 1.165) is 16.1 Å². The summed E-state index contributed by atoms with van der Waals surface area (Å²) in [7, 11) is 0.470. The molecule has 2 rings (SSSR count). The molecule has 2 amide bonds. The van der Waals surface area contributed by atoms with Gasteiger partial charge in [-0.3, -0.25) is 13.9 Å². The summed E-state index contributed by atoms with van der Waals surface area (Å²) in [6.45, 7) is 1.35. The molecule has 0 aliphatic heterocycles. The number of nitrogens with one attached hydrogen (secondary N) is 1. The van der Waals surface area contributed by atoms with Crippen LogP contribution in [-0.4, -0.2) is 65.2 Å². The van der Waals surface area contributed by atoms with Crippen molar-refractivity contribution in [1.29, 1.82) is 0 Å². The molecule has 0 aliphatic rings. The quantitative estimate of drug-likeness (QED) is 0.497. The average molecular weight is 512 g/mol. The van der Waals surface area contributed by atoms with Crippen LogP contribution >= 0.6 is 11.6 Å². The van der Waals surface area contributed by atoms with Gasteiger partial charge in [0, 0.05) is 24.7 Å². The van der Waals surface area contributed by atoms with Crippen molar-refractivity contribution < 1.29 is 27.5 Å². The number of methoxy groups -OCH3 is 2. The minimum atomic E-state index is -3.89. The van der Waals surface area contributed by atoms with Crippen LogP contribution in [0, 0.1) is 0 Å². The molecular formula is C23H30ClN3O6S. The Morgan fingerprint density at radius 3 is 2.24 bits per heavy atom. The molecule has 2 aromatic carbocycles. The number of rotatable bonds is 11. The number of hydrogen-bond acceptors (Lipinski definition) is 6. The topological polar surface area (TPSA) is 105 Å². The Kier molecular flexibility index (Phi) is 9.57. The van der Waals surface area contributed by atoms with Crippen molar-refractivity contribution in [2.75, 3.05) is 38.4 Å². The Morgan fingerprint density at radius 1 is 1.09 bits per heavy atom. The van der Waals surface area contributed by atoms with Crippen LogP contribution in [0.5, 0.6) is 11.5 Å². The summed E-state index contributed by atoms with van der Waals surface area (Å²) in [5.74, 6) is -0.206. The van der Waals surface area contributed by atoms with E-state index in [0.29, 0.717) is 17.2 Å². The SMILES string of the molecule is CC[C@H](C(=O)NC)N(Cc1ccc(Cl)cc1)C(=O)CN(c1ccc(OC)cc1OC)S(C)(=O)=O. The van der Waals surface area contributed by atoms with Gasteiger partial charge in [-0.2, -0.15) is 0 Å².